The summed E-state index contributed by atoms with van der Waals surface area (Å²) < 4.78 is 1.23. The Bertz CT molecular complexity index is 642. The van der Waals surface area contributed by atoms with Gasteiger partial charge in [0.25, 0.3) is 0 Å². The van der Waals surface area contributed by atoms with Crippen LogP contribution in [-0.2, 0) is 23.6 Å². The maximum absolute atomic E-state index is 11.0. The van der Waals surface area contributed by atoms with E-state index in [1.165, 1.54) is 4.68 Å². The molecule has 0 saturated carbocycles. The molecule has 6 heteroatoms. The van der Waals surface area contributed by atoms with Gasteiger partial charge in [0.1, 0.15) is 0 Å². The molecule has 2 aromatic carbocycles. The van der Waals surface area contributed by atoms with Crippen molar-refractivity contribution in [3.63, 3.8) is 0 Å². The molecule has 0 amide bonds. The predicted octanol–water partition coefficient (Wildman–Crippen LogP) is 1.03. The normalized spacial score (nSPS) is 9.26. The van der Waals surface area contributed by atoms with Crippen molar-refractivity contribution in [3.05, 3.63) is 81.1 Å². The van der Waals surface area contributed by atoms with Crippen molar-refractivity contribution in [2.24, 2.45) is 0 Å². The average molecular weight is 299 g/mol. The van der Waals surface area contributed by atoms with E-state index in [9.17, 15) is 9.59 Å². The molecule has 1 aromatic heterocycles. The van der Waals surface area contributed by atoms with Crippen LogP contribution in [0, 0.1) is 0 Å². The smallest absolute Gasteiger partial charge is 0.343 e. The van der Waals surface area contributed by atoms with Gasteiger partial charge >= 0.3 is 11.4 Å². The standard InChI is InChI=1S/C8H8N3O2.C5H5.Fe/c12-7-9-8(13)11(10-7)5-6-3-1-2-4-6;1-2-4-5-3-1;/h1-4H,5H2,(H2,9,10,12,13);1-5H;/q-1;-5;. The van der Waals surface area contributed by atoms with Gasteiger partial charge in [-0.15, -0.1) is 5.56 Å². The molecule has 3 aromatic rings. The van der Waals surface area contributed by atoms with Crippen molar-refractivity contribution in [2.45, 2.75) is 6.54 Å². The molecule has 0 aliphatic rings. The molecule has 0 saturated heterocycles. The van der Waals surface area contributed by atoms with E-state index >= 15 is 0 Å². The summed E-state index contributed by atoms with van der Waals surface area (Å²) in [5.74, 6) is 0. The molecule has 2 N–H and O–H groups in total. The second-order valence-electron chi connectivity index (χ2n) is 3.71. The number of aromatic amines is 2. The van der Waals surface area contributed by atoms with E-state index < -0.39 is 11.4 Å². The molecule has 1 heterocycles. The number of hydrogen-bond donors (Lipinski definition) is 2. The number of aromatic nitrogens is 3. The third-order valence-electron chi connectivity index (χ3n) is 2.33. The SMILES string of the molecule is O=c1[nH]c(=O)n(C[c-]2cccc2)[nH]1.[Fe].[cH-]1[cH-][cH-][cH-][cH-]1. The Labute approximate surface area is 120 Å². The summed E-state index contributed by atoms with van der Waals surface area (Å²) in [6.45, 7) is 0.393. The summed E-state index contributed by atoms with van der Waals surface area (Å²) in [5.41, 5.74) is 0.0973. The average Bonchev–Trinajstić information content (AvgIpc) is 3.06. The van der Waals surface area contributed by atoms with Gasteiger partial charge in [0, 0.05) is 23.6 Å². The number of nitrogens with zero attached hydrogens (tertiary/aromatic N) is 1. The Hall–Kier alpha value is -2.04. The van der Waals surface area contributed by atoms with Crippen LogP contribution in [-0.4, -0.2) is 14.8 Å². The van der Waals surface area contributed by atoms with Crippen LogP contribution in [0.25, 0.3) is 0 Å². The minimum atomic E-state index is -0.475. The van der Waals surface area contributed by atoms with E-state index in [1.807, 2.05) is 54.6 Å². The van der Waals surface area contributed by atoms with Crippen LogP contribution in [0.2, 0.25) is 0 Å². The third-order valence-corrected chi connectivity index (χ3v) is 2.33. The first-order valence-electron chi connectivity index (χ1n) is 5.52. The zero-order valence-corrected chi connectivity index (χ0v) is 11.1. The van der Waals surface area contributed by atoms with E-state index in [0.717, 1.165) is 5.56 Å². The minimum absolute atomic E-state index is 0. The van der Waals surface area contributed by atoms with Gasteiger partial charge < -0.3 is 30.3 Å². The molecule has 0 aliphatic heterocycles. The van der Waals surface area contributed by atoms with Crippen LogP contribution >= 0.6 is 0 Å². The fraction of sp³-hybridized carbons (Fsp3) is 0.0769. The van der Waals surface area contributed by atoms with Crippen LogP contribution in [0.15, 0.2) is 64.2 Å². The molecule has 0 radical (unpaired) electrons. The molecule has 0 unspecified atom stereocenters. The molecular formula is C13H13FeN3O2-6. The van der Waals surface area contributed by atoms with Gasteiger partial charge in [-0.25, -0.2) is 31.5 Å². The number of hydrogen-bond acceptors (Lipinski definition) is 2. The molecule has 0 atom stereocenters. The summed E-state index contributed by atoms with van der Waals surface area (Å²) in [7, 11) is 0. The summed E-state index contributed by atoms with van der Waals surface area (Å²) in [6.07, 6.45) is 0. The van der Waals surface area contributed by atoms with Crippen LogP contribution in [0.4, 0.5) is 0 Å². The second kappa shape index (κ2) is 7.41. The van der Waals surface area contributed by atoms with Gasteiger partial charge in [-0.2, -0.15) is 12.1 Å². The van der Waals surface area contributed by atoms with Gasteiger partial charge in [-0.1, -0.05) is 0 Å². The first kappa shape index (κ1) is 15.0. The van der Waals surface area contributed by atoms with Crippen LogP contribution in [0.1, 0.15) is 5.56 Å². The molecular weight excluding hydrogens is 286 g/mol. The molecule has 0 fully saturated rings. The van der Waals surface area contributed by atoms with Crippen LogP contribution in [0.3, 0.4) is 0 Å². The summed E-state index contributed by atoms with van der Waals surface area (Å²) in [5, 5.41) is 2.38. The Balaban J connectivity index is 0.000000256. The predicted molar refractivity (Wildman–Crippen MR) is 68.8 cm³/mol. The van der Waals surface area contributed by atoms with E-state index in [1.54, 1.807) is 0 Å². The molecule has 0 bridgehead atoms. The minimum Gasteiger partial charge on any atom is -0.748 e. The summed E-state index contributed by atoms with van der Waals surface area (Å²) in [6, 6.07) is 17.5. The first-order valence-corrected chi connectivity index (χ1v) is 5.52. The molecule has 0 aliphatic carbocycles. The Morgan fingerprint density at radius 2 is 1.58 bits per heavy atom. The van der Waals surface area contributed by atoms with Gasteiger partial charge in [-0.05, 0) is 0 Å². The topological polar surface area (TPSA) is 70.7 Å². The zero-order valence-electron chi connectivity index (χ0n) is 10.0. The van der Waals surface area contributed by atoms with Gasteiger partial charge in [0.05, 0.1) is 0 Å². The Kier molecular flexibility index (Phi) is 5.85. The van der Waals surface area contributed by atoms with Crippen molar-refractivity contribution in [1.82, 2.24) is 14.8 Å². The van der Waals surface area contributed by atoms with E-state index in [0.29, 0.717) is 6.54 Å². The maximum atomic E-state index is 11.0. The van der Waals surface area contributed by atoms with Crippen molar-refractivity contribution >= 4 is 0 Å². The molecule has 0 spiro atoms. The van der Waals surface area contributed by atoms with Crippen molar-refractivity contribution < 1.29 is 17.1 Å². The van der Waals surface area contributed by atoms with Gasteiger partial charge in [0.2, 0.25) is 0 Å². The maximum Gasteiger partial charge on any atom is 0.343 e. The largest absolute Gasteiger partial charge is 0.748 e. The molecule has 106 valence electrons. The van der Waals surface area contributed by atoms with Gasteiger partial charge in [0.15, 0.2) is 0 Å². The number of rotatable bonds is 2. The Morgan fingerprint density at radius 3 is 2.00 bits per heavy atom. The van der Waals surface area contributed by atoms with Crippen LogP contribution < -0.4 is 11.4 Å². The zero-order chi connectivity index (χ0) is 12.8. The molecule has 19 heavy (non-hydrogen) atoms. The quantitative estimate of drug-likeness (QED) is 0.548. The fourth-order valence-electron chi connectivity index (χ4n) is 1.50. The van der Waals surface area contributed by atoms with E-state index in [2.05, 4.69) is 10.1 Å². The van der Waals surface area contributed by atoms with Crippen LogP contribution in [0.5, 0.6) is 0 Å². The Morgan fingerprint density at radius 1 is 1.05 bits per heavy atom. The van der Waals surface area contributed by atoms with Crippen molar-refractivity contribution in [1.29, 1.82) is 0 Å². The van der Waals surface area contributed by atoms with Gasteiger partial charge in [-0.3, -0.25) is 4.98 Å². The number of nitrogens with one attached hydrogen (secondary N) is 2. The number of H-pyrrole nitrogens is 2. The van der Waals surface area contributed by atoms with Crippen molar-refractivity contribution in [3.8, 4) is 0 Å². The van der Waals surface area contributed by atoms with Crippen molar-refractivity contribution in [2.75, 3.05) is 0 Å². The summed E-state index contributed by atoms with van der Waals surface area (Å²) in [4.78, 5) is 23.9. The molecule has 3 rings (SSSR count). The van der Waals surface area contributed by atoms with E-state index in [-0.39, 0.29) is 17.1 Å². The fourth-order valence-corrected chi connectivity index (χ4v) is 1.50. The molecule has 5 nitrogen and oxygen atoms in total. The second-order valence-corrected chi connectivity index (χ2v) is 3.71. The first-order chi connectivity index (χ1) is 8.75. The third kappa shape index (κ3) is 4.61. The monoisotopic (exact) mass is 299 g/mol. The van der Waals surface area contributed by atoms with E-state index in [4.69, 9.17) is 0 Å². The summed E-state index contributed by atoms with van der Waals surface area (Å²) >= 11 is 0.